The van der Waals surface area contributed by atoms with Gasteiger partial charge in [0.25, 0.3) is 0 Å². The molecule has 0 amide bonds. The molecule has 0 atom stereocenters. The van der Waals surface area contributed by atoms with Crippen LogP contribution in [0.25, 0.3) is 0 Å². The molecule has 0 saturated heterocycles. The Morgan fingerprint density at radius 3 is 2.53 bits per heavy atom. The van der Waals surface area contributed by atoms with E-state index >= 15 is 0 Å². The summed E-state index contributed by atoms with van der Waals surface area (Å²) in [5.74, 6) is 0.501. The van der Waals surface area contributed by atoms with Crippen LogP contribution in [0.1, 0.15) is 20.3 Å². The molecule has 0 unspecified atom stereocenters. The first kappa shape index (κ1) is 13.4. The molecule has 0 aromatic heterocycles. The van der Waals surface area contributed by atoms with Crippen LogP contribution in [0.15, 0.2) is 24.3 Å². The predicted octanol–water partition coefficient (Wildman–Crippen LogP) is 1.24. The standard InChI is InChI=1S/C13H18O4/c1-10(2)6-7-16-11-4-3-5-12(8-11)17-9-13(14)15/h3-5,8,10H,6-7,9H2,1-2H3,(H,14,15)/p-1. The summed E-state index contributed by atoms with van der Waals surface area (Å²) in [6, 6.07) is 6.92. The van der Waals surface area contributed by atoms with E-state index in [0.29, 0.717) is 24.0 Å². The number of carboxylic acid groups (broad SMARTS) is 1. The van der Waals surface area contributed by atoms with Crippen molar-refractivity contribution in [3.63, 3.8) is 0 Å². The average Bonchev–Trinajstić information content (AvgIpc) is 2.26. The van der Waals surface area contributed by atoms with Crippen molar-refractivity contribution in [3.8, 4) is 11.5 Å². The number of carbonyl (C=O) groups excluding carboxylic acids is 1. The predicted molar refractivity (Wildman–Crippen MR) is 61.9 cm³/mol. The van der Waals surface area contributed by atoms with Crippen LogP contribution in [-0.4, -0.2) is 19.2 Å². The van der Waals surface area contributed by atoms with Gasteiger partial charge in [-0.1, -0.05) is 19.9 Å². The van der Waals surface area contributed by atoms with Gasteiger partial charge in [0, 0.05) is 6.07 Å². The van der Waals surface area contributed by atoms with Gasteiger partial charge in [-0.2, -0.15) is 0 Å². The van der Waals surface area contributed by atoms with E-state index in [2.05, 4.69) is 13.8 Å². The maximum atomic E-state index is 10.2. The van der Waals surface area contributed by atoms with E-state index < -0.39 is 12.6 Å². The molecular weight excluding hydrogens is 220 g/mol. The van der Waals surface area contributed by atoms with Gasteiger partial charge in [-0.15, -0.1) is 0 Å². The molecule has 4 heteroatoms. The first-order valence-electron chi connectivity index (χ1n) is 5.63. The number of carboxylic acids is 1. The van der Waals surface area contributed by atoms with Crippen molar-refractivity contribution in [2.45, 2.75) is 20.3 Å². The largest absolute Gasteiger partial charge is 0.546 e. The lowest BCUT2D eigenvalue weighted by Crippen LogP contribution is -2.28. The van der Waals surface area contributed by atoms with Crippen molar-refractivity contribution >= 4 is 5.97 Å². The summed E-state index contributed by atoms with van der Waals surface area (Å²) in [5, 5.41) is 10.2. The maximum Gasteiger partial charge on any atom is 0.128 e. The Labute approximate surface area is 101 Å². The highest BCUT2D eigenvalue weighted by Crippen LogP contribution is 2.19. The zero-order chi connectivity index (χ0) is 12.7. The first-order chi connectivity index (χ1) is 8.08. The Hall–Kier alpha value is -1.71. The van der Waals surface area contributed by atoms with Gasteiger partial charge in [0.15, 0.2) is 0 Å². The van der Waals surface area contributed by atoms with E-state index in [0.717, 1.165) is 6.42 Å². The van der Waals surface area contributed by atoms with Crippen LogP contribution in [0.2, 0.25) is 0 Å². The minimum atomic E-state index is -1.24. The van der Waals surface area contributed by atoms with Gasteiger partial charge in [0.1, 0.15) is 18.1 Å². The summed E-state index contributed by atoms with van der Waals surface area (Å²) in [6.07, 6.45) is 0.976. The molecule has 94 valence electrons. The van der Waals surface area contributed by atoms with Crippen molar-refractivity contribution in [2.75, 3.05) is 13.2 Å². The molecule has 1 rings (SSSR count). The van der Waals surface area contributed by atoms with Crippen molar-refractivity contribution in [1.29, 1.82) is 0 Å². The smallest absolute Gasteiger partial charge is 0.128 e. The van der Waals surface area contributed by atoms with Gasteiger partial charge in [0.05, 0.1) is 12.6 Å². The van der Waals surface area contributed by atoms with Crippen LogP contribution in [0.5, 0.6) is 11.5 Å². The molecule has 0 aliphatic carbocycles. The van der Waals surface area contributed by atoms with E-state index in [9.17, 15) is 9.90 Å². The first-order valence-corrected chi connectivity index (χ1v) is 5.63. The number of rotatable bonds is 7. The molecule has 0 radical (unpaired) electrons. The summed E-state index contributed by atoms with van der Waals surface area (Å²) in [4.78, 5) is 10.2. The van der Waals surface area contributed by atoms with E-state index in [1.165, 1.54) is 0 Å². The van der Waals surface area contributed by atoms with Crippen LogP contribution >= 0.6 is 0 Å². The minimum Gasteiger partial charge on any atom is -0.546 e. The van der Waals surface area contributed by atoms with Crippen molar-refractivity contribution < 1.29 is 19.4 Å². The second-order valence-electron chi connectivity index (χ2n) is 4.17. The molecule has 1 aromatic rings. The average molecular weight is 237 g/mol. The Morgan fingerprint density at radius 1 is 1.29 bits per heavy atom. The summed E-state index contributed by atoms with van der Waals surface area (Å²) < 4.78 is 10.5. The number of carbonyl (C=O) groups is 1. The molecule has 1 aromatic carbocycles. The lowest BCUT2D eigenvalue weighted by Gasteiger charge is -2.10. The Bertz CT molecular complexity index is 360. The summed E-state index contributed by atoms with van der Waals surface area (Å²) in [6.45, 7) is 4.45. The highest BCUT2D eigenvalue weighted by Gasteiger charge is 1.99. The normalized spacial score (nSPS) is 10.3. The van der Waals surface area contributed by atoms with Gasteiger partial charge in [-0.25, -0.2) is 0 Å². The molecule has 0 fully saturated rings. The van der Waals surface area contributed by atoms with Gasteiger partial charge in [-0.05, 0) is 24.5 Å². The van der Waals surface area contributed by atoms with Crippen LogP contribution < -0.4 is 14.6 Å². The minimum absolute atomic E-state index is 0.449. The van der Waals surface area contributed by atoms with Crippen LogP contribution in [0, 0.1) is 5.92 Å². The highest BCUT2D eigenvalue weighted by molar-refractivity contribution is 5.66. The molecule has 0 saturated carbocycles. The molecule has 0 aliphatic heterocycles. The monoisotopic (exact) mass is 237 g/mol. The number of benzene rings is 1. The van der Waals surface area contributed by atoms with Gasteiger partial charge in [-0.3, -0.25) is 0 Å². The fourth-order valence-electron chi connectivity index (χ4n) is 1.21. The number of hydrogen-bond donors (Lipinski definition) is 0. The SMILES string of the molecule is CC(C)CCOc1cccc(OCC(=O)[O-])c1. The molecule has 0 aliphatic rings. The Kier molecular flexibility index (Phi) is 5.33. The Balaban J connectivity index is 2.45. The molecule has 4 nitrogen and oxygen atoms in total. The molecule has 0 heterocycles. The van der Waals surface area contributed by atoms with E-state index in [1.807, 2.05) is 6.07 Å². The number of aliphatic carboxylic acids is 1. The van der Waals surface area contributed by atoms with E-state index in [-0.39, 0.29) is 0 Å². The number of ether oxygens (including phenoxy) is 2. The fourth-order valence-corrected chi connectivity index (χ4v) is 1.21. The zero-order valence-corrected chi connectivity index (χ0v) is 10.1. The Morgan fingerprint density at radius 2 is 1.94 bits per heavy atom. The second kappa shape index (κ2) is 6.78. The highest BCUT2D eigenvalue weighted by atomic mass is 16.5. The quantitative estimate of drug-likeness (QED) is 0.716. The third-order valence-corrected chi connectivity index (χ3v) is 2.13. The third kappa shape index (κ3) is 5.80. The molecule has 0 bridgehead atoms. The lowest BCUT2D eigenvalue weighted by atomic mass is 10.1. The maximum absolute atomic E-state index is 10.2. The van der Waals surface area contributed by atoms with Crippen molar-refractivity contribution in [2.24, 2.45) is 5.92 Å². The summed E-state index contributed by atoms with van der Waals surface area (Å²) in [5.41, 5.74) is 0. The van der Waals surface area contributed by atoms with Gasteiger partial charge >= 0.3 is 0 Å². The molecule has 17 heavy (non-hydrogen) atoms. The molecule has 0 spiro atoms. The molecular formula is C13H17O4-. The topological polar surface area (TPSA) is 58.6 Å². The van der Waals surface area contributed by atoms with Crippen LogP contribution in [0.3, 0.4) is 0 Å². The number of hydrogen-bond acceptors (Lipinski definition) is 4. The van der Waals surface area contributed by atoms with Crippen molar-refractivity contribution in [3.05, 3.63) is 24.3 Å². The fraction of sp³-hybridized carbons (Fsp3) is 0.462. The lowest BCUT2D eigenvalue weighted by molar-refractivity contribution is -0.307. The van der Waals surface area contributed by atoms with Crippen molar-refractivity contribution in [1.82, 2.24) is 0 Å². The second-order valence-corrected chi connectivity index (χ2v) is 4.17. The zero-order valence-electron chi connectivity index (χ0n) is 10.1. The van der Waals surface area contributed by atoms with Crippen LogP contribution in [-0.2, 0) is 4.79 Å². The summed E-state index contributed by atoms with van der Waals surface area (Å²) in [7, 11) is 0. The third-order valence-electron chi connectivity index (χ3n) is 2.13. The summed E-state index contributed by atoms with van der Waals surface area (Å²) >= 11 is 0. The van der Waals surface area contributed by atoms with Gasteiger partial charge < -0.3 is 19.4 Å². The molecule has 0 N–H and O–H groups in total. The van der Waals surface area contributed by atoms with Gasteiger partial charge in [0.2, 0.25) is 0 Å². The van der Waals surface area contributed by atoms with Crippen LogP contribution in [0.4, 0.5) is 0 Å². The van der Waals surface area contributed by atoms with E-state index in [4.69, 9.17) is 9.47 Å². The van der Waals surface area contributed by atoms with E-state index in [1.54, 1.807) is 18.2 Å².